The van der Waals surface area contributed by atoms with Crippen molar-refractivity contribution in [2.45, 2.75) is 39.1 Å². The number of halogens is 3. The van der Waals surface area contributed by atoms with Crippen LogP contribution in [0.15, 0.2) is 79.4 Å². The largest absolute Gasteiger partial charge is 0.490 e. The summed E-state index contributed by atoms with van der Waals surface area (Å²) in [7, 11) is 2.10. The van der Waals surface area contributed by atoms with Crippen molar-refractivity contribution >= 4 is 56.4 Å². The fraction of sp³-hybridized carbons (Fsp3) is 0.306. The molecular formula is C49H48Cl2FN9O6S. The van der Waals surface area contributed by atoms with Crippen LogP contribution in [0.25, 0.3) is 43.3 Å². The van der Waals surface area contributed by atoms with Crippen LogP contribution < -0.4 is 30.0 Å². The van der Waals surface area contributed by atoms with E-state index in [9.17, 15) is 14.3 Å². The maximum absolute atomic E-state index is 14.4. The summed E-state index contributed by atoms with van der Waals surface area (Å²) in [4.78, 5) is 42.0. The van der Waals surface area contributed by atoms with Crippen molar-refractivity contribution in [1.29, 1.82) is 0 Å². The number of anilines is 1. The molecule has 0 aliphatic carbocycles. The Balaban J connectivity index is 1.13. The molecule has 0 radical (unpaired) electrons. The molecule has 4 N–H and O–H groups in total. The number of pyridine rings is 1. The van der Waals surface area contributed by atoms with Crippen molar-refractivity contribution < 1.29 is 33.2 Å². The number of benzene rings is 3. The number of thiophene rings is 1. The lowest BCUT2D eigenvalue weighted by atomic mass is 9.92. The molecule has 352 valence electrons. The highest BCUT2D eigenvalue weighted by molar-refractivity contribution is 7.22. The van der Waals surface area contributed by atoms with Crippen molar-refractivity contribution in [3.8, 4) is 56.2 Å². The zero-order valence-corrected chi connectivity index (χ0v) is 39.8. The van der Waals surface area contributed by atoms with E-state index in [0.29, 0.717) is 113 Å². The van der Waals surface area contributed by atoms with Gasteiger partial charge in [0.1, 0.15) is 53.5 Å². The number of hydrogen-bond acceptors (Lipinski definition) is 15. The quantitative estimate of drug-likeness (QED) is 0.112. The van der Waals surface area contributed by atoms with Crippen LogP contribution in [0.2, 0.25) is 10.0 Å². The zero-order valence-electron chi connectivity index (χ0n) is 37.5. The van der Waals surface area contributed by atoms with E-state index in [-0.39, 0.29) is 25.5 Å². The number of hydrogen-bond donors (Lipinski definition) is 3. The Labute approximate surface area is 406 Å². The van der Waals surface area contributed by atoms with Crippen LogP contribution in [-0.2, 0) is 17.8 Å². The minimum absolute atomic E-state index is 0.0186. The maximum atomic E-state index is 14.4. The Morgan fingerprint density at radius 3 is 2.47 bits per heavy atom. The molecule has 15 nitrogen and oxygen atoms in total. The number of carbonyl (C=O) groups is 1. The summed E-state index contributed by atoms with van der Waals surface area (Å²) >= 11 is 16.0. The fourth-order valence-electron chi connectivity index (χ4n) is 8.31. The van der Waals surface area contributed by atoms with Gasteiger partial charge >= 0.3 is 5.97 Å². The van der Waals surface area contributed by atoms with Gasteiger partial charge in [-0.1, -0.05) is 35.3 Å². The van der Waals surface area contributed by atoms with Crippen LogP contribution in [0.1, 0.15) is 22.4 Å². The number of carboxylic acids is 1. The number of fused-ring (bicyclic) bond motifs is 7. The second kappa shape index (κ2) is 20.6. The Morgan fingerprint density at radius 2 is 1.75 bits per heavy atom. The number of ether oxygens (including phenoxy) is 4. The van der Waals surface area contributed by atoms with Crippen molar-refractivity contribution in [2.75, 3.05) is 64.8 Å². The Morgan fingerprint density at radius 1 is 0.971 bits per heavy atom. The Hall–Kier alpha value is -6.21. The van der Waals surface area contributed by atoms with Crippen molar-refractivity contribution in [1.82, 2.24) is 34.7 Å². The first-order valence-electron chi connectivity index (χ1n) is 22.0. The van der Waals surface area contributed by atoms with Crippen molar-refractivity contribution in [3.63, 3.8) is 0 Å². The molecule has 19 heteroatoms. The van der Waals surface area contributed by atoms with E-state index in [0.717, 1.165) is 31.9 Å². The molecular weight excluding hydrogens is 933 g/mol. The molecule has 3 aromatic carbocycles. The monoisotopic (exact) mass is 979 g/mol. The third-order valence-corrected chi connectivity index (χ3v) is 14.0. The highest BCUT2D eigenvalue weighted by Crippen LogP contribution is 2.53. The summed E-state index contributed by atoms with van der Waals surface area (Å²) in [5.41, 5.74) is 11.3. The summed E-state index contributed by atoms with van der Waals surface area (Å²) in [6, 6.07) is 16.8. The van der Waals surface area contributed by atoms with E-state index in [2.05, 4.69) is 42.1 Å². The average Bonchev–Trinajstić information content (AvgIpc) is 3.73. The van der Waals surface area contributed by atoms with E-state index < -0.39 is 24.0 Å². The van der Waals surface area contributed by atoms with Crippen LogP contribution >= 0.6 is 34.5 Å². The predicted molar refractivity (Wildman–Crippen MR) is 261 cm³/mol. The van der Waals surface area contributed by atoms with Gasteiger partial charge in [-0.25, -0.2) is 29.1 Å². The van der Waals surface area contributed by atoms with Crippen LogP contribution in [0.5, 0.6) is 23.1 Å². The van der Waals surface area contributed by atoms with Gasteiger partial charge < -0.3 is 40.0 Å². The highest BCUT2D eigenvalue weighted by atomic mass is 35.5. The lowest BCUT2D eigenvalue weighted by molar-refractivity contribution is -0.145. The highest BCUT2D eigenvalue weighted by Gasteiger charge is 2.32. The van der Waals surface area contributed by atoms with E-state index in [1.165, 1.54) is 29.8 Å². The molecule has 7 aromatic rings. The van der Waals surface area contributed by atoms with Gasteiger partial charge in [0, 0.05) is 74.4 Å². The third kappa shape index (κ3) is 10.1. The second-order valence-corrected chi connectivity index (χ2v) is 18.4. The van der Waals surface area contributed by atoms with Crippen molar-refractivity contribution in [3.05, 3.63) is 118 Å². The number of nitrogens with zero attached hydrogens (tertiary/aromatic N) is 7. The van der Waals surface area contributed by atoms with Gasteiger partial charge in [0.2, 0.25) is 12.0 Å². The first-order chi connectivity index (χ1) is 32.9. The number of carboxylic acid groups (broad SMARTS) is 1. The summed E-state index contributed by atoms with van der Waals surface area (Å²) < 4.78 is 40.6. The Bertz CT molecular complexity index is 2930. The minimum Gasteiger partial charge on any atom is -0.490 e. The van der Waals surface area contributed by atoms with Gasteiger partial charge in [-0.05, 0) is 91.7 Å². The van der Waals surface area contributed by atoms with Gasteiger partial charge in [-0.2, -0.15) is 0 Å². The first kappa shape index (κ1) is 46.9. The molecule has 1 saturated heterocycles. The topological polar surface area (TPSA) is 183 Å². The summed E-state index contributed by atoms with van der Waals surface area (Å²) in [5.74, 6) is -0.0816. The van der Waals surface area contributed by atoms with Gasteiger partial charge in [0.15, 0.2) is 11.6 Å². The van der Waals surface area contributed by atoms with E-state index in [4.69, 9.17) is 52.9 Å². The molecule has 4 bridgehead atoms. The van der Waals surface area contributed by atoms with Gasteiger partial charge in [0.05, 0.1) is 33.0 Å². The van der Waals surface area contributed by atoms with Crippen LogP contribution in [0, 0.1) is 19.7 Å². The standard InChI is InChI=1S/C49H48Cl2FN9O6S/c1-27-39-28(2)43(51)44(42(27)50)66-35(23-61-18-16-60(3)17-19-61)25-64-34-9-11-37(65-24-33-12-14-55-46(59-33)36-10-8-32(22-56-36)54-15-13-53)30(20-34)21-38(49(62)63)67-47-41-40(39)45(68-48(41)58-26-57-47)29-4-6-31(52)7-5-29/h4-12,14,20,22,26,35,38,54H,13,15-19,21,23-25,53H2,1-3H3,(H,62,63)/t35-,38-/m1/s1. The number of piperazine rings is 1. The number of likely N-dealkylation sites (N-methyl/N-ethyl adjacent to an activating group) is 1. The number of nitrogens with one attached hydrogen (secondary N) is 1. The van der Waals surface area contributed by atoms with E-state index >= 15 is 0 Å². The lowest BCUT2D eigenvalue weighted by Crippen LogP contribution is -2.49. The zero-order chi connectivity index (χ0) is 47.5. The normalized spacial score (nSPS) is 16.7. The SMILES string of the molecule is Cc1c(Cl)c2c(Cl)c(C)c1-c1c(-c3ccc(F)cc3)sc3ncnc(c13)O[C@@H](C(=O)O)Cc1cc(ccc1OCc1ccnc(-c3ccc(NCCN)cn3)n1)OC[C@@H](CN1CCN(C)CC1)O2. The van der Waals surface area contributed by atoms with Crippen LogP contribution in [0.3, 0.4) is 0 Å². The van der Waals surface area contributed by atoms with Gasteiger partial charge in [0.25, 0.3) is 0 Å². The van der Waals surface area contributed by atoms with Gasteiger partial charge in [-0.3, -0.25) is 9.88 Å². The molecule has 0 spiro atoms. The summed E-state index contributed by atoms with van der Waals surface area (Å²) in [6.45, 7) is 8.93. The van der Waals surface area contributed by atoms with Crippen LogP contribution in [-0.4, -0.2) is 117 Å². The number of aliphatic carboxylic acids is 1. The molecule has 3 aliphatic rings. The second-order valence-electron chi connectivity index (χ2n) is 16.6. The molecule has 4 aromatic heterocycles. The first-order valence-corrected chi connectivity index (χ1v) is 23.6. The van der Waals surface area contributed by atoms with Crippen LogP contribution in [0.4, 0.5) is 10.1 Å². The Kier molecular flexibility index (Phi) is 14.2. The van der Waals surface area contributed by atoms with Crippen molar-refractivity contribution in [2.24, 2.45) is 5.73 Å². The molecule has 0 amide bonds. The minimum atomic E-state index is -1.48. The van der Waals surface area contributed by atoms with Gasteiger partial charge in [-0.15, -0.1) is 11.3 Å². The smallest absolute Gasteiger partial charge is 0.345 e. The van der Waals surface area contributed by atoms with E-state index in [1.807, 2.05) is 26.0 Å². The number of aromatic nitrogens is 5. The third-order valence-electron chi connectivity index (χ3n) is 11.9. The fourth-order valence-corrected chi connectivity index (χ4v) is 9.97. The number of nitrogens with two attached hydrogens (primary N) is 1. The molecule has 7 heterocycles. The molecule has 2 atom stereocenters. The molecule has 3 aliphatic heterocycles. The predicted octanol–water partition coefficient (Wildman–Crippen LogP) is 8.35. The maximum Gasteiger partial charge on any atom is 0.345 e. The summed E-state index contributed by atoms with van der Waals surface area (Å²) in [6.07, 6.45) is 2.47. The molecule has 0 unspecified atom stereocenters. The lowest BCUT2D eigenvalue weighted by Gasteiger charge is -2.35. The molecule has 68 heavy (non-hydrogen) atoms. The summed E-state index contributed by atoms with van der Waals surface area (Å²) in [5, 5.41) is 15.1. The number of rotatable bonds is 11. The average molecular weight is 981 g/mol. The molecule has 0 saturated carbocycles. The van der Waals surface area contributed by atoms with E-state index in [1.54, 1.807) is 48.8 Å². The molecule has 1 fully saturated rings. The molecule has 10 rings (SSSR count).